The summed E-state index contributed by atoms with van der Waals surface area (Å²) < 4.78 is 0.923. The van der Waals surface area contributed by atoms with E-state index in [0.29, 0.717) is 16.9 Å². The summed E-state index contributed by atoms with van der Waals surface area (Å²) in [4.78, 5) is 34.1. The highest BCUT2D eigenvalue weighted by atomic mass is 79.9. The van der Waals surface area contributed by atoms with Gasteiger partial charge in [-0.05, 0) is 67.1 Å². The molecule has 2 amide bonds. The van der Waals surface area contributed by atoms with Crippen molar-refractivity contribution in [3.63, 3.8) is 0 Å². The molecule has 2 N–H and O–H groups in total. The summed E-state index contributed by atoms with van der Waals surface area (Å²) in [6.45, 7) is 6.97. The summed E-state index contributed by atoms with van der Waals surface area (Å²) in [5.74, 6) is -0.468. The van der Waals surface area contributed by atoms with Gasteiger partial charge < -0.3 is 15.5 Å². The quantitative estimate of drug-likeness (QED) is 0.415. The molecule has 0 radical (unpaired) electrons. The molecule has 1 fully saturated rings. The van der Waals surface area contributed by atoms with Crippen molar-refractivity contribution in [1.29, 1.82) is 0 Å². The van der Waals surface area contributed by atoms with Gasteiger partial charge in [0, 0.05) is 72.6 Å². The zero-order valence-electron chi connectivity index (χ0n) is 20.5. The van der Waals surface area contributed by atoms with Crippen LogP contribution in [0.25, 0.3) is 6.08 Å². The maximum Gasteiger partial charge on any atom is 0.255 e. The molecule has 2 aromatic carbocycles. The van der Waals surface area contributed by atoms with Crippen molar-refractivity contribution < 1.29 is 9.59 Å². The first-order valence-corrected chi connectivity index (χ1v) is 12.7. The van der Waals surface area contributed by atoms with E-state index >= 15 is 0 Å². The van der Waals surface area contributed by atoms with Crippen molar-refractivity contribution in [3.05, 3.63) is 93.7 Å². The van der Waals surface area contributed by atoms with E-state index in [0.717, 1.165) is 53.9 Å². The minimum Gasteiger partial charge on any atom is -0.322 e. The second-order valence-corrected chi connectivity index (χ2v) is 9.83. The lowest BCUT2D eigenvalue weighted by Crippen LogP contribution is -2.43. The van der Waals surface area contributed by atoms with E-state index in [1.165, 1.54) is 6.08 Å². The normalized spacial score (nSPS) is 14.6. The molecule has 1 aliphatic rings. The molecule has 0 aliphatic carbocycles. The maximum atomic E-state index is 12.9. The van der Waals surface area contributed by atoms with E-state index in [2.05, 4.69) is 48.4 Å². The summed E-state index contributed by atoms with van der Waals surface area (Å²) in [5, 5.41) is 5.82. The molecule has 1 aliphatic heterocycles. The highest BCUT2D eigenvalue weighted by Crippen LogP contribution is 2.24. The number of rotatable bonds is 7. The minimum absolute atomic E-state index is 0.209. The molecule has 0 spiro atoms. The second-order valence-electron chi connectivity index (χ2n) is 8.98. The van der Waals surface area contributed by atoms with Crippen LogP contribution in [-0.4, -0.2) is 59.8 Å². The van der Waals surface area contributed by atoms with E-state index in [1.54, 1.807) is 24.5 Å². The molecular formula is C28H30BrN5O2. The number of carbonyl (C=O) groups is 2. The zero-order valence-corrected chi connectivity index (χ0v) is 22.1. The Morgan fingerprint density at radius 2 is 1.86 bits per heavy atom. The van der Waals surface area contributed by atoms with Crippen LogP contribution in [0.2, 0.25) is 0 Å². The van der Waals surface area contributed by atoms with E-state index in [4.69, 9.17) is 0 Å². The fourth-order valence-electron chi connectivity index (χ4n) is 3.92. The minimum atomic E-state index is -0.259. The molecule has 1 aromatic heterocycles. The Bertz CT molecular complexity index is 1250. The number of pyridine rings is 1. The van der Waals surface area contributed by atoms with Crippen LogP contribution in [-0.2, 0) is 11.3 Å². The number of anilines is 2. The number of nitrogens with zero attached hydrogens (tertiary/aromatic N) is 3. The van der Waals surface area contributed by atoms with Gasteiger partial charge in [0.2, 0.25) is 5.91 Å². The Kier molecular flexibility index (Phi) is 8.64. The number of hydrogen-bond donors (Lipinski definition) is 2. The molecule has 186 valence electrons. The number of benzene rings is 2. The molecule has 0 atom stereocenters. The van der Waals surface area contributed by atoms with Crippen molar-refractivity contribution in [2.24, 2.45) is 0 Å². The van der Waals surface area contributed by atoms with Crippen LogP contribution in [0, 0.1) is 6.92 Å². The number of hydrogen-bond acceptors (Lipinski definition) is 5. The number of piperazine rings is 1. The van der Waals surface area contributed by atoms with Crippen molar-refractivity contribution in [2.45, 2.75) is 13.5 Å². The van der Waals surface area contributed by atoms with Crippen LogP contribution < -0.4 is 10.6 Å². The number of aryl methyl sites for hydroxylation is 1. The molecule has 4 rings (SSSR count). The van der Waals surface area contributed by atoms with E-state index in [-0.39, 0.29) is 11.8 Å². The Hall–Kier alpha value is -3.33. The SMILES string of the molecule is Cc1ccc(NC(=O)c2ccc(CN3CCN(C)CC3)c(Br)c2)cc1NC(=O)C=Cc1cccnc1. The lowest BCUT2D eigenvalue weighted by atomic mass is 10.1. The predicted octanol–water partition coefficient (Wildman–Crippen LogP) is 4.80. The predicted molar refractivity (Wildman–Crippen MR) is 148 cm³/mol. The molecule has 36 heavy (non-hydrogen) atoms. The highest BCUT2D eigenvalue weighted by Gasteiger charge is 2.16. The Morgan fingerprint density at radius 1 is 1.06 bits per heavy atom. The van der Waals surface area contributed by atoms with Crippen molar-refractivity contribution in [3.8, 4) is 0 Å². The number of nitrogens with one attached hydrogen (secondary N) is 2. The molecule has 8 heteroatoms. The van der Waals surface area contributed by atoms with Gasteiger partial charge in [0.1, 0.15) is 0 Å². The largest absolute Gasteiger partial charge is 0.322 e. The third kappa shape index (κ3) is 7.10. The van der Waals surface area contributed by atoms with Crippen molar-refractivity contribution in [1.82, 2.24) is 14.8 Å². The van der Waals surface area contributed by atoms with Gasteiger partial charge in [0.15, 0.2) is 0 Å². The molecule has 0 bridgehead atoms. The summed E-state index contributed by atoms with van der Waals surface area (Å²) in [6, 6.07) is 14.9. The highest BCUT2D eigenvalue weighted by molar-refractivity contribution is 9.10. The van der Waals surface area contributed by atoms with Crippen LogP contribution in [0.3, 0.4) is 0 Å². The number of amides is 2. The van der Waals surface area contributed by atoms with Crippen LogP contribution in [0.15, 0.2) is 71.5 Å². The van der Waals surface area contributed by atoms with E-state index < -0.39 is 0 Å². The number of halogens is 1. The zero-order chi connectivity index (χ0) is 25.5. The lowest BCUT2D eigenvalue weighted by Gasteiger charge is -2.32. The molecule has 7 nitrogen and oxygen atoms in total. The van der Waals surface area contributed by atoms with Gasteiger partial charge in [-0.15, -0.1) is 0 Å². The average Bonchev–Trinajstić information content (AvgIpc) is 2.88. The Balaban J connectivity index is 1.38. The van der Waals surface area contributed by atoms with Gasteiger partial charge in [-0.3, -0.25) is 19.5 Å². The number of aromatic nitrogens is 1. The second kappa shape index (κ2) is 12.1. The van der Waals surface area contributed by atoms with E-state index in [1.807, 2.05) is 49.4 Å². The van der Waals surface area contributed by atoms with Crippen LogP contribution >= 0.6 is 15.9 Å². The van der Waals surface area contributed by atoms with Gasteiger partial charge in [-0.25, -0.2) is 0 Å². The van der Waals surface area contributed by atoms with Crippen molar-refractivity contribution >= 4 is 45.2 Å². The molecule has 0 saturated carbocycles. The summed E-state index contributed by atoms with van der Waals surface area (Å²) in [6.07, 6.45) is 6.53. The monoisotopic (exact) mass is 547 g/mol. The molecule has 3 aromatic rings. The first-order chi connectivity index (χ1) is 17.4. The van der Waals surface area contributed by atoms with Gasteiger partial charge in [0.05, 0.1) is 0 Å². The molecular weight excluding hydrogens is 518 g/mol. The van der Waals surface area contributed by atoms with Gasteiger partial charge in [-0.1, -0.05) is 34.1 Å². The fraction of sp³-hybridized carbons (Fsp3) is 0.250. The van der Waals surface area contributed by atoms with E-state index in [9.17, 15) is 9.59 Å². The first kappa shape index (κ1) is 25.8. The van der Waals surface area contributed by atoms with Gasteiger partial charge >= 0.3 is 0 Å². The summed E-state index contributed by atoms with van der Waals surface area (Å²) >= 11 is 3.64. The van der Waals surface area contributed by atoms with Crippen LogP contribution in [0.4, 0.5) is 11.4 Å². The fourth-order valence-corrected chi connectivity index (χ4v) is 4.43. The van der Waals surface area contributed by atoms with Crippen LogP contribution in [0.5, 0.6) is 0 Å². The molecule has 2 heterocycles. The third-order valence-corrected chi connectivity index (χ3v) is 6.91. The molecule has 0 unspecified atom stereocenters. The number of likely N-dealkylation sites (N-methyl/N-ethyl adjacent to an activating group) is 1. The average molecular weight is 548 g/mol. The first-order valence-electron chi connectivity index (χ1n) is 11.9. The Labute approximate surface area is 220 Å². The lowest BCUT2D eigenvalue weighted by molar-refractivity contribution is -0.111. The van der Waals surface area contributed by atoms with Crippen LogP contribution in [0.1, 0.15) is 27.0 Å². The topological polar surface area (TPSA) is 77.6 Å². The van der Waals surface area contributed by atoms with Gasteiger partial charge in [-0.2, -0.15) is 0 Å². The number of carbonyl (C=O) groups excluding carboxylic acids is 2. The standard InChI is InChI=1S/C28H30BrN5O2/c1-20-5-9-24(17-26(20)32-27(35)10-6-21-4-3-11-30-18-21)31-28(36)22-7-8-23(25(29)16-22)19-34-14-12-33(2)13-15-34/h3-11,16-18H,12-15,19H2,1-2H3,(H,31,36)(H,32,35). The third-order valence-electron chi connectivity index (χ3n) is 6.17. The molecule has 1 saturated heterocycles. The maximum absolute atomic E-state index is 12.9. The summed E-state index contributed by atoms with van der Waals surface area (Å²) in [7, 11) is 2.15. The Morgan fingerprint density at radius 3 is 2.58 bits per heavy atom. The van der Waals surface area contributed by atoms with Crippen molar-refractivity contribution in [2.75, 3.05) is 43.9 Å². The smallest absolute Gasteiger partial charge is 0.255 e. The summed E-state index contributed by atoms with van der Waals surface area (Å²) in [5.41, 5.74) is 4.70. The van der Waals surface area contributed by atoms with Gasteiger partial charge in [0.25, 0.3) is 5.91 Å².